The number of nitrogens with two attached hydrogens (primary N) is 2. The van der Waals surface area contributed by atoms with Gasteiger partial charge in [-0.2, -0.15) is 4.57 Å². The quantitative estimate of drug-likeness (QED) is 0.0711. The molecule has 20 nitrogen and oxygen atoms in total. The first-order valence-corrected chi connectivity index (χ1v) is 15.4. The summed E-state index contributed by atoms with van der Waals surface area (Å²) in [7, 11) is -11.4. The van der Waals surface area contributed by atoms with Gasteiger partial charge in [-0.1, -0.05) is 0 Å². The van der Waals surface area contributed by atoms with Crippen molar-refractivity contribution in [3.8, 4) is 0 Å². The van der Waals surface area contributed by atoms with Crippen LogP contribution in [0.1, 0.15) is 22.8 Å². The van der Waals surface area contributed by atoms with Crippen LogP contribution in [-0.2, 0) is 32.0 Å². The molecule has 0 radical (unpaired) electrons. The van der Waals surface area contributed by atoms with E-state index in [2.05, 4.69) is 28.3 Å². The third kappa shape index (κ3) is 7.75. The van der Waals surface area contributed by atoms with E-state index in [1.165, 1.54) is 29.2 Å². The number of carbonyl (C=O) groups excluding carboxylic acids is 1. The van der Waals surface area contributed by atoms with Gasteiger partial charge in [-0.05, 0) is 6.07 Å². The van der Waals surface area contributed by atoms with Crippen LogP contribution < -0.4 is 55.4 Å². The molecule has 0 aromatic carbocycles. The fraction of sp³-hybridized carbons (Fsp3) is 0.476. The van der Waals surface area contributed by atoms with E-state index in [-0.39, 0.29) is 52.1 Å². The van der Waals surface area contributed by atoms with Crippen LogP contribution in [0.25, 0.3) is 11.2 Å². The molecule has 2 unspecified atom stereocenters. The average molecular weight is 687 g/mol. The zero-order valence-electron chi connectivity index (χ0n) is 23.1. The molecule has 5 rings (SSSR count). The summed E-state index contributed by atoms with van der Waals surface area (Å²) >= 11 is 0. The number of primary amides is 1. The molecule has 0 saturated carbocycles. The maximum atomic E-state index is 14.7. The number of aliphatic hydroxyl groups excluding tert-OH is 3. The molecule has 2 saturated heterocycles. The van der Waals surface area contributed by atoms with Crippen molar-refractivity contribution in [1.29, 1.82) is 0 Å². The fourth-order valence-corrected chi connectivity index (χ4v) is 6.55. The largest absolute Gasteiger partial charge is 1.00 e. The number of aliphatic hydroxyl groups is 3. The van der Waals surface area contributed by atoms with Crippen LogP contribution in [-0.4, -0.2) is 90.7 Å². The van der Waals surface area contributed by atoms with Crippen LogP contribution in [0.4, 0.5) is 10.2 Å². The van der Waals surface area contributed by atoms with Crippen LogP contribution in [0.3, 0.4) is 0 Å². The Balaban J connectivity index is 0.00000461. The predicted molar refractivity (Wildman–Crippen MR) is 134 cm³/mol. The van der Waals surface area contributed by atoms with Gasteiger partial charge in [0.25, 0.3) is 27.8 Å². The Labute approximate surface area is 274 Å². The number of aromatic nitrogens is 5. The normalized spacial score (nSPS) is 30.9. The molecule has 10 atom stereocenters. The summed E-state index contributed by atoms with van der Waals surface area (Å²) in [5.41, 5.74) is 11.2. The van der Waals surface area contributed by atoms with Gasteiger partial charge in [-0.25, -0.2) is 23.7 Å². The first-order chi connectivity index (χ1) is 20.7. The van der Waals surface area contributed by atoms with E-state index in [1.807, 2.05) is 0 Å². The van der Waals surface area contributed by atoms with Crippen molar-refractivity contribution < 1.29 is 100 Å². The number of hydrogen-bond acceptors (Lipinski definition) is 17. The minimum absolute atomic E-state index is 0. The summed E-state index contributed by atoms with van der Waals surface area (Å²) < 4.78 is 65.4. The zero-order chi connectivity index (χ0) is 32.0. The number of pyridine rings is 1. The first kappa shape index (κ1) is 35.8. The number of phosphoric ester groups is 2. The van der Waals surface area contributed by atoms with E-state index in [1.54, 1.807) is 0 Å². The Morgan fingerprint density at radius 1 is 1.07 bits per heavy atom. The summed E-state index contributed by atoms with van der Waals surface area (Å²) in [5, 5.41) is 31.0. The van der Waals surface area contributed by atoms with Gasteiger partial charge in [0, 0.05) is 6.07 Å². The van der Waals surface area contributed by atoms with Gasteiger partial charge in [-0.3, -0.25) is 18.5 Å². The number of phosphoric acid groups is 2. The van der Waals surface area contributed by atoms with Gasteiger partial charge in [-0.15, -0.1) is 0 Å². The molecule has 7 N–H and O–H groups in total. The Hall–Kier alpha value is -2.04. The summed E-state index contributed by atoms with van der Waals surface area (Å²) in [6.45, 7) is -2.07. The van der Waals surface area contributed by atoms with E-state index in [0.717, 1.165) is 17.1 Å². The second kappa shape index (κ2) is 14.0. The second-order valence-corrected chi connectivity index (χ2v) is 12.6. The molecular formula is C21H25FN7NaO13P2. The first-order valence-electron chi connectivity index (χ1n) is 12.5. The van der Waals surface area contributed by atoms with E-state index in [9.17, 15) is 43.4 Å². The molecule has 240 valence electrons. The number of fused-ring (bicyclic) bond motifs is 1. The van der Waals surface area contributed by atoms with Crippen LogP contribution in [0.15, 0.2) is 37.2 Å². The Bertz CT molecular complexity index is 1640. The monoisotopic (exact) mass is 687 g/mol. The number of carbonyl (C=O) groups is 1. The topological polar surface area (TPSA) is 304 Å². The molecule has 2 aliphatic rings. The molecule has 3 aromatic rings. The smallest absolute Gasteiger partial charge is 0.756 e. The van der Waals surface area contributed by atoms with E-state index in [0.29, 0.717) is 0 Å². The van der Waals surface area contributed by atoms with Crippen LogP contribution in [0, 0.1) is 0 Å². The van der Waals surface area contributed by atoms with Crippen LogP contribution >= 0.6 is 15.6 Å². The number of halogens is 1. The molecule has 0 spiro atoms. The Kier molecular flexibility index (Phi) is 11.1. The van der Waals surface area contributed by atoms with Crippen molar-refractivity contribution in [1.82, 2.24) is 19.5 Å². The van der Waals surface area contributed by atoms with Crippen molar-refractivity contribution in [2.75, 3.05) is 18.9 Å². The Morgan fingerprint density at radius 2 is 1.71 bits per heavy atom. The molecule has 45 heavy (non-hydrogen) atoms. The summed E-state index contributed by atoms with van der Waals surface area (Å²) in [6.07, 6.45) is -8.55. The fourth-order valence-electron chi connectivity index (χ4n) is 4.53. The number of anilines is 1. The van der Waals surface area contributed by atoms with Gasteiger partial charge in [0.05, 0.1) is 19.5 Å². The minimum Gasteiger partial charge on any atom is -0.756 e. The molecule has 2 fully saturated rings. The van der Waals surface area contributed by atoms with Crippen molar-refractivity contribution in [2.45, 2.75) is 49.1 Å². The number of imidazole rings is 1. The maximum Gasteiger partial charge on any atom is 1.00 e. The van der Waals surface area contributed by atoms with E-state index >= 15 is 0 Å². The molecule has 24 heteroatoms. The molecule has 0 bridgehead atoms. The van der Waals surface area contributed by atoms with Gasteiger partial charge in [0.1, 0.15) is 47.9 Å². The molecule has 3 aromatic heterocycles. The third-order valence-corrected chi connectivity index (χ3v) is 9.22. The summed E-state index contributed by atoms with van der Waals surface area (Å²) in [5.74, 6) is -0.790. The minimum atomic E-state index is -5.72. The van der Waals surface area contributed by atoms with Gasteiger partial charge in [0.15, 0.2) is 30.1 Å². The number of ether oxygens (including phenoxy) is 2. The molecule has 0 aliphatic carbocycles. The van der Waals surface area contributed by atoms with Crippen molar-refractivity contribution in [3.63, 3.8) is 0 Å². The standard InChI is InChI=1S/C21H26FN7O13P2.Na/c22-12-14(30)10(40-20(12)28-3-1-2-9(4-28)18(24)33)5-38-43(34,35)42-44(36,37)39-6-11-15(31)16(32)21(41-11)29-8-27-13-17(23)25-7-26-19(13)29;/h1-4,7-8,10-12,14-16,20-21,30-32H,5-6H2,(H5-,23,24,25,26,33,34,35,36,37);/q;+1/p-1/t10-,11-,12-,14-,15-,16-,20-,21-;/m1./s1. The van der Waals surface area contributed by atoms with Crippen molar-refractivity contribution in [3.05, 3.63) is 42.7 Å². The molecule has 1 amide bonds. The number of alkyl halides is 1. The molecule has 2 aliphatic heterocycles. The third-order valence-electron chi connectivity index (χ3n) is 6.69. The van der Waals surface area contributed by atoms with Crippen molar-refractivity contribution in [2.24, 2.45) is 5.73 Å². The van der Waals surface area contributed by atoms with Gasteiger partial charge < -0.3 is 55.1 Å². The summed E-state index contributed by atoms with van der Waals surface area (Å²) in [4.78, 5) is 47.7. The zero-order valence-corrected chi connectivity index (χ0v) is 26.9. The predicted octanol–water partition coefficient (Wildman–Crippen LogP) is -6.30. The molecular weight excluding hydrogens is 662 g/mol. The van der Waals surface area contributed by atoms with Gasteiger partial charge in [0.2, 0.25) is 6.17 Å². The summed E-state index contributed by atoms with van der Waals surface area (Å²) in [6, 6.07) is 2.71. The van der Waals surface area contributed by atoms with Gasteiger partial charge >= 0.3 is 29.6 Å². The second-order valence-electron chi connectivity index (χ2n) is 9.60. The number of nitrogen functional groups attached to an aromatic ring is 1. The number of rotatable bonds is 11. The number of nitrogens with zero attached hydrogens (tertiary/aromatic N) is 5. The van der Waals surface area contributed by atoms with Crippen LogP contribution in [0.2, 0.25) is 0 Å². The van der Waals surface area contributed by atoms with Crippen molar-refractivity contribution >= 4 is 38.5 Å². The van der Waals surface area contributed by atoms with Crippen LogP contribution in [0.5, 0.6) is 0 Å². The number of hydrogen-bond donors (Lipinski definition) is 5. The Morgan fingerprint density at radius 3 is 2.36 bits per heavy atom. The van der Waals surface area contributed by atoms with E-state index < -0.39 is 83.9 Å². The average Bonchev–Trinajstić information content (AvgIpc) is 3.61. The number of amides is 1. The van der Waals surface area contributed by atoms with E-state index in [4.69, 9.17) is 20.9 Å². The SMILES string of the molecule is NC(=O)c1ccc[n+]([C@@H]2O[C@H](COP(=O)([O-])OP(=O)([O-])OC[C@H]3O[C@@H](n4cnc5c(N)ncnc54)[C@H](O)[C@@H]3O)[C@@H](O)[C@H]2F)c1.[Na+]. The molecule has 5 heterocycles. The maximum absolute atomic E-state index is 14.7.